The van der Waals surface area contributed by atoms with E-state index in [1.54, 1.807) is 6.08 Å². The molecule has 0 amide bonds. The van der Waals surface area contributed by atoms with Crippen molar-refractivity contribution in [1.29, 1.82) is 0 Å². The van der Waals surface area contributed by atoms with Crippen molar-refractivity contribution in [1.82, 2.24) is 0 Å². The summed E-state index contributed by atoms with van der Waals surface area (Å²) >= 11 is 0. The molecule has 0 fully saturated rings. The van der Waals surface area contributed by atoms with E-state index in [-0.39, 0.29) is 16.6 Å². The van der Waals surface area contributed by atoms with Gasteiger partial charge in [-0.3, -0.25) is 0 Å². The van der Waals surface area contributed by atoms with Gasteiger partial charge in [-0.2, -0.15) is 0 Å². The van der Waals surface area contributed by atoms with E-state index < -0.39 is 0 Å². The van der Waals surface area contributed by atoms with Crippen molar-refractivity contribution in [2.45, 2.75) is 41.5 Å². The molecule has 0 aliphatic carbocycles. The molecule has 0 rings (SSSR count). The van der Waals surface area contributed by atoms with E-state index in [4.69, 9.17) is 0 Å². The minimum Gasteiger partial charge on any atom is -0.875 e. The Morgan fingerprint density at radius 1 is 1.00 bits per heavy atom. The van der Waals surface area contributed by atoms with Crippen LogP contribution < -0.4 is 5.11 Å². The average molecular weight is 181 g/mol. The first-order valence-electron chi connectivity index (χ1n) is 4.64. The lowest BCUT2D eigenvalue weighted by atomic mass is 9.84. The summed E-state index contributed by atoms with van der Waals surface area (Å²) in [6.07, 6.45) is 1.67. The second-order valence-corrected chi connectivity index (χ2v) is 5.53. The Labute approximate surface area is 82.2 Å². The number of hydrogen-bond acceptors (Lipinski definition) is 1. The van der Waals surface area contributed by atoms with E-state index in [1.807, 2.05) is 20.8 Å². The van der Waals surface area contributed by atoms with Crippen LogP contribution in [0.1, 0.15) is 41.5 Å². The van der Waals surface area contributed by atoms with Crippen LogP contribution in [0.2, 0.25) is 0 Å². The van der Waals surface area contributed by atoms with Gasteiger partial charge < -0.3 is 5.11 Å². The van der Waals surface area contributed by atoms with Crippen LogP contribution in [0.3, 0.4) is 0 Å². The van der Waals surface area contributed by atoms with E-state index in [2.05, 4.69) is 27.4 Å². The molecular weight excluding hydrogens is 160 g/mol. The third-order valence-electron chi connectivity index (χ3n) is 2.01. The fourth-order valence-corrected chi connectivity index (χ4v) is 0.591. The summed E-state index contributed by atoms with van der Waals surface area (Å²) in [6, 6.07) is 0. The molecule has 0 spiro atoms. The van der Waals surface area contributed by atoms with E-state index in [9.17, 15) is 5.11 Å². The maximum absolute atomic E-state index is 11.6. The molecule has 0 aliphatic rings. The van der Waals surface area contributed by atoms with E-state index >= 15 is 0 Å². The van der Waals surface area contributed by atoms with Crippen LogP contribution >= 0.6 is 0 Å². The molecule has 1 nitrogen and oxygen atoms in total. The maximum Gasteiger partial charge on any atom is -0.0138 e. The monoisotopic (exact) mass is 181 g/mol. The third-order valence-corrected chi connectivity index (χ3v) is 2.01. The van der Waals surface area contributed by atoms with E-state index in [1.165, 1.54) is 0 Å². The van der Waals surface area contributed by atoms with Crippen LogP contribution in [-0.4, -0.2) is 0 Å². The van der Waals surface area contributed by atoms with E-state index in [0.717, 1.165) is 5.57 Å². The van der Waals surface area contributed by atoms with Gasteiger partial charge in [0.2, 0.25) is 0 Å². The summed E-state index contributed by atoms with van der Waals surface area (Å²) in [5.74, 6) is 0.146. The average Bonchev–Trinajstić information content (AvgIpc) is 1.82. The highest BCUT2D eigenvalue weighted by atomic mass is 16.3. The molecule has 0 saturated heterocycles. The van der Waals surface area contributed by atoms with Crippen molar-refractivity contribution < 1.29 is 5.11 Å². The van der Waals surface area contributed by atoms with Gasteiger partial charge in [0.1, 0.15) is 0 Å². The molecule has 0 aliphatic heterocycles. The van der Waals surface area contributed by atoms with Crippen LogP contribution in [0.15, 0.2) is 24.0 Å². The van der Waals surface area contributed by atoms with Gasteiger partial charge >= 0.3 is 0 Å². The van der Waals surface area contributed by atoms with E-state index in [0.29, 0.717) is 0 Å². The second kappa shape index (κ2) is 3.57. The molecule has 0 radical (unpaired) electrons. The first-order chi connectivity index (χ1) is 5.55. The highest BCUT2D eigenvalue weighted by Crippen LogP contribution is 2.28. The molecule has 0 aromatic heterocycles. The summed E-state index contributed by atoms with van der Waals surface area (Å²) < 4.78 is 0. The SMILES string of the molecule is C=C(/C=C(\[O-])C(C)(C)C)C(C)(C)C. The fraction of sp³-hybridized carbons (Fsp3) is 0.667. The fourth-order valence-electron chi connectivity index (χ4n) is 0.591. The van der Waals surface area contributed by atoms with Crippen molar-refractivity contribution in [2.24, 2.45) is 10.8 Å². The lowest BCUT2D eigenvalue weighted by Crippen LogP contribution is -2.22. The number of rotatable bonds is 1. The maximum atomic E-state index is 11.6. The Hall–Kier alpha value is -0.720. The zero-order valence-electron chi connectivity index (χ0n) is 9.69. The van der Waals surface area contributed by atoms with Gasteiger partial charge in [-0.15, -0.1) is 5.76 Å². The van der Waals surface area contributed by atoms with Gasteiger partial charge in [0.15, 0.2) is 0 Å². The zero-order valence-corrected chi connectivity index (χ0v) is 9.69. The van der Waals surface area contributed by atoms with Gasteiger partial charge in [0.25, 0.3) is 0 Å². The van der Waals surface area contributed by atoms with Crippen LogP contribution in [0.4, 0.5) is 0 Å². The Bertz CT molecular complexity index is 220. The van der Waals surface area contributed by atoms with Crippen molar-refractivity contribution in [3.05, 3.63) is 24.0 Å². The standard InChI is InChI=1S/C12H22O/c1-9(11(2,3)4)8-10(13)12(5,6)7/h8,13H,1H2,2-7H3/p-1/b10-8-. The Morgan fingerprint density at radius 3 is 1.62 bits per heavy atom. The molecule has 0 saturated carbocycles. The van der Waals surface area contributed by atoms with Crippen LogP contribution in [0.25, 0.3) is 0 Å². The van der Waals surface area contributed by atoms with Crippen molar-refractivity contribution in [3.8, 4) is 0 Å². The lowest BCUT2D eigenvalue weighted by molar-refractivity contribution is -0.322. The molecule has 0 aromatic carbocycles. The van der Waals surface area contributed by atoms with Crippen LogP contribution in [0.5, 0.6) is 0 Å². The minimum absolute atomic E-state index is 0.0130. The summed E-state index contributed by atoms with van der Waals surface area (Å²) in [4.78, 5) is 0. The molecule has 1 heteroatoms. The van der Waals surface area contributed by atoms with Gasteiger partial charge in [0, 0.05) is 0 Å². The predicted molar refractivity (Wildman–Crippen MR) is 56.1 cm³/mol. The summed E-state index contributed by atoms with van der Waals surface area (Å²) in [6.45, 7) is 15.8. The first kappa shape index (κ1) is 12.3. The van der Waals surface area contributed by atoms with Gasteiger partial charge in [-0.05, 0) is 10.8 Å². The number of hydrogen-bond donors (Lipinski definition) is 0. The van der Waals surface area contributed by atoms with Gasteiger partial charge in [-0.1, -0.05) is 59.8 Å². The second-order valence-electron chi connectivity index (χ2n) is 5.53. The topological polar surface area (TPSA) is 23.1 Å². The van der Waals surface area contributed by atoms with Gasteiger partial charge in [-0.25, -0.2) is 0 Å². The Morgan fingerprint density at radius 2 is 1.38 bits per heavy atom. The molecule has 0 atom stereocenters. The molecule has 0 heterocycles. The van der Waals surface area contributed by atoms with Crippen LogP contribution in [0, 0.1) is 10.8 Å². The summed E-state index contributed by atoms with van der Waals surface area (Å²) in [7, 11) is 0. The molecule has 13 heavy (non-hydrogen) atoms. The largest absolute Gasteiger partial charge is 0.875 e. The first-order valence-corrected chi connectivity index (χ1v) is 4.64. The Balaban J connectivity index is 4.70. The summed E-state index contributed by atoms with van der Waals surface area (Å²) in [5.41, 5.74) is 0.585. The van der Waals surface area contributed by atoms with Gasteiger partial charge in [0.05, 0.1) is 0 Å². The lowest BCUT2D eigenvalue weighted by Gasteiger charge is -2.30. The van der Waals surface area contributed by atoms with Crippen LogP contribution in [-0.2, 0) is 0 Å². The highest BCUT2D eigenvalue weighted by molar-refractivity contribution is 5.24. The smallest absolute Gasteiger partial charge is 0.0138 e. The van der Waals surface area contributed by atoms with Crippen molar-refractivity contribution in [2.75, 3.05) is 0 Å². The Kier molecular flexibility index (Phi) is 3.37. The quantitative estimate of drug-likeness (QED) is 0.450. The molecule has 0 bridgehead atoms. The number of allylic oxidation sites excluding steroid dienone is 3. The predicted octanol–water partition coefficient (Wildman–Crippen LogP) is 2.88. The van der Waals surface area contributed by atoms with Crippen molar-refractivity contribution >= 4 is 0 Å². The third kappa shape index (κ3) is 4.16. The zero-order chi connectivity index (χ0) is 10.9. The molecular formula is C12H21O-. The molecule has 0 N–H and O–H groups in total. The molecule has 76 valence electrons. The minimum atomic E-state index is -0.297. The van der Waals surface area contributed by atoms with Crippen molar-refractivity contribution in [3.63, 3.8) is 0 Å². The molecule has 0 aromatic rings. The molecule has 0 unspecified atom stereocenters. The summed E-state index contributed by atoms with van der Waals surface area (Å²) in [5, 5.41) is 11.6. The highest BCUT2D eigenvalue weighted by Gasteiger charge is 2.14. The normalized spacial score (nSPS) is 14.5.